The molecule has 0 saturated carbocycles. The van der Waals surface area contributed by atoms with E-state index in [-0.39, 0.29) is 0 Å². The first kappa shape index (κ1) is 4.72. The van der Waals surface area contributed by atoms with E-state index in [1.807, 2.05) is 12.2 Å². The Morgan fingerprint density at radius 3 is 2.86 bits per heavy atom. The van der Waals surface area contributed by atoms with Crippen LogP contribution in [0.5, 0.6) is 0 Å². The Bertz CT molecular complexity index is 115. The van der Waals surface area contributed by atoms with E-state index in [0.29, 0.717) is 11.6 Å². The van der Waals surface area contributed by atoms with Gasteiger partial charge in [0.05, 0.1) is 5.03 Å². The van der Waals surface area contributed by atoms with Crippen molar-refractivity contribution in [1.29, 1.82) is 0 Å². The molecule has 0 aromatic carbocycles. The molecule has 0 saturated heterocycles. The van der Waals surface area contributed by atoms with Gasteiger partial charge in [0.15, 0.2) is 0 Å². The van der Waals surface area contributed by atoms with Crippen LogP contribution in [0, 0.1) is 0 Å². The molecular formula is C5H5ClO. The fourth-order valence-electron chi connectivity index (χ4n) is 0.383. The Kier molecular flexibility index (Phi) is 1.37. The molecule has 0 aromatic heterocycles. The summed E-state index contributed by atoms with van der Waals surface area (Å²) in [6, 6.07) is 0. The summed E-state index contributed by atoms with van der Waals surface area (Å²) in [6.45, 7) is 0.649. The smallest absolute Gasteiger partial charge is 0.106 e. The molecule has 38 valence electrons. The summed E-state index contributed by atoms with van der Waals surface area (Å²) in [6.07, 6.45) is 5.20. The highest BCUT2D eigenvalue weighted by Gasteiger charge is 1.88. The van der Waals surface area contributed by atoms with Crippen molar-refractivity contribution in [2.45, 2.75) is 0 Å². The summed E-state index contributed by atoms with van der Waals surface area (Å²) >= 11 is 5.47. The van der Waals surface area contributed by atoms with E-state index in [4.69, 9.17) is 16.3 Å². The Morgan fingerprint density at radius 2 is 2.57 bits per heavy atom. The minimum absolute atomic E-state index is 0.649. The van der Waals surface area contributed by atoms with Gasteiger partial charge in [0, 0.05) is 0 Å². The van der Waals surface area contributed by atoms with Crippen LogP contribution in [0.4, 0.5) is 0 Å². The summed E-state index contributed by atoms with van der Waals surface area (Å²) in [5.41, 5.74) is 0. The number of allylic oxidation sites excluding steroid dienone is 2. The lowest BCUT2D eigenvalue weighted by Crippen LogP contribution is -1.86. The molecule has 0 unspecified atom stereocenters. The van der Waals surface area contributed by atoms with Gasteiger partial charge in [-0.2, -0.15) is 0 Å². The van der Waals surface area contributed by atoms with Crippen molar-refractivity contribution >= 4 is 11.6 Å². The number of rotatable bonds is 0. The van der Waals surface area contributed by atoms with Crippen LogP contribution in [-0.4, -0.2) is 6.61 Å². The van der Waals surface area contributed by atoms with Gasteiger partial charge in [0.2, 0.25) is 0 Å². The highest BCUT2D eigenvalue weighted by molar-refractivity contribution is 6.31. The zero-order valence-electron chi connectivity index (χ0n) is 3.73. The van der Waals surface area contributed by atoms with Gasteiger partial charge in [-0.15, -0.1) is 0 Å². The summed E-state index contributed by atoms with van der Waals surface area (Å²) in [4.78, 5) is 0. The van der Waals surface area contributed by atoms with E-state index in [2.05, 4.69) is 0 Å². The molecule has 1 nitrogen and oxygen atoms in total. The van der Waals surface area contributed by atoms with E-state index >= 15 is 0 Å². The van der Waals surface area contributed by atoms with Crippen molar-refractivity contribution in [2.24, 2.45) is 0 Å². The van der Waals surface area contributed by atoms with Crippen molar-refractivity contribution in [3.63, 3.8) is 0 Å². The van der Waals surface area contributed by atoms with E-state index in [1.54, 1.807) is 0 Å². The van der Waals surface area contributed by atoms with Crippen LogP contribution in [0.1, 0.15) is 0 Å². The number of ether oxygens (including phenoxy) is 1. The molecule has 0 spiro atoms. The third kappa shape index (κ3) is 1.24. The Balaban J connectivity index is 2.58. The van der Waals surface area contributed by atoms with E-state index in [9.17, 15) is 0 Å². The summed E-state index contributed by atoms with van der Waals surface area (Å²) < 4.78 is 4.80. The van der Waals surface area contributed by atoms with Crippen LogP contribution in [0.2, 0.25) is 0 Å². The van der Waals surface area contributed by atoms with E-state index in [0.717, 1.165) is 0 Å². The van der Waals surface area contributed by atoms with Crippen LogP contribution in [0.3, 0.4) is 0 Å². The summed E-state index contributed by atoms with van der Waals surface area (Å²) in [5.74, 6) is 0. The summed E-state index contributed by atoms with van der Waals surface area (Å²) in [7, 11) is 0. The standard InChI is InChI=1S/C5H5ClO/c6-5-2-1-3-7-4-5/h1-2,4H,3H2. The number of hydrogen-bond donors (Lipinski definition) is 0. The van der Waals surface area contributed by atoms with Crippen LogP contribution in [0.15, 0.2) is 23.4 Å². The summed E-state index contributed by atoms with van der Waals surface area (Å²) in [5, 5.41) is 0.659. The largest absolute Gasteiger partial charge is 0.496 e. The molecule has 1 heterocycles. The minimum atomic E-state index is 0.649. The van der Waals surface area contributed by atoms with Crippen LogP contribution >= 0.6 is 11.6 Å². The number of halogens is 1. The third-order valence-corrected chi connectivity index (χ3v) is 0.881. The molecule has 0 fully saturated rings. The molecule has 1 aliphatic rings. The van der Waals surface area contributed by atoms with Crippen molar-refractivity contribution in [3.05, 3.63) is 23.4 Å². The Labute approximate surface area is 47.2 Å². The van der Waals surface area contributed by atoms with Crippen LogP contribution in [0.25, 0.3) is 0 Å². The highest BCUT2D eigenvalue weighted by Crippen LogP contribution is 2.06. The quantitative estimate of drug-likeness (QED) is 0.468. The molecule has 1 aliphatic heterocycles. The monoisotopic (exact) mass is 116 g/mol. The first-order valence-corrected chi connectivity index (χ1v) is 2.41. The first-order chi connectivity index (χ1) is 3.39. The molecule has 0 radical (unpaired) electrons. The minimum Gasteiger partial charge on any atom is -0.496 e. The Morgan fingerprint density at radius 1 is 1.71 bits per heavy atom. The predicted octanol–water partition coefficient (Wildman–Crippen LogP) is 1.65. The average Bonchev–Trinajstić information content (AvgIpc) is 1.69. The van der Waals surface area contributed by atoms with E-state index in [1.165, 1.54) is 6.26 Å². The number of hydrogen-bond acceptors (Lipinski definition) is 1. The second kappa shape index (κ2) is 2.03. The zero-order chi connectivity index (χ0) is 5.11. The van der Waals surface area contributed by atoms with Gasteiger partial charge < -0.3 is 4.74 Å². The fourth-order valence-corrected chi connectivity index (χ4v) is 0.535. The van der Waals surface area contributed by atoms with Crippen molar-refractivity contribution in [1.82, 2.24) is 0 Å². The van der Waals surface area contributed by atoms with Crippen molar-refractivity contribution < 1.29 is 4.74 Å². The lowest BCUT2D eigenvalue weighted by molar-refractivity contribution is 0.284. The molecule has 0 N–H and O–H groups in total. The van der Waals surface area contributed by atoms with Crippen molar-refractivity contribution in [2.75, 3.05) is 6.61 Å². The normalized spacial score (nSPS) is 18.1. The maximum absolute atomic E-state index is 5.47. The molecule has 0 amide bonds. The van der Waals surface area contributed by atoms with Crippen LogP contribution in [-0.2, 0) is 4.74 Å². The predicted molar refractivity (Wildman–Crippen MR) is 29.0 cm³/mol. The maximum atomic E-state index is 5.47. The molecule has 0 aliphatic carbocycles. The molecule has 0 aromatic rings. The van der Waals surface area contributed by atoms with Crippen LogP contribution < -0.4 is 0 Å². The lowest BCUT2D eigenvalue weighted by Gasteiger charge is -1.99. The molecule has 7 heavy (non-hydrogen) atoms. The fraction of sp³-hybridized carbons (Fsp3) is 0.200. The Hall–Kier alpha value is -0.430. The zero-order valence-corrected chi connectivity index (χ0v) is 4.48. The second-order valence-electron chi connectivity index (χ2n) is 1.24. The lowest BCUT2D eigenvalue weighted by atomic mass is 10.4. The first-order valence-electron chi connectivity index (χ1n) is 2.03. The van der Waals surface area contributed by atoms with Gasteiger partial charge in [0.1, 0.15) is 12.9 Å². The van der Waals surface area contributed by atoms with Gasteiger partial charge >= 0.3 is 0 Å². The topological polar surface area (TPSA) is 9.23 Å². The average molecular weight is 117 g/mol. The molecule has 2 heteroatoms. The third-order valence-electron chi connectivity index (χ3n) is 0.665. The molecule has 0 atom stereocenters. The van der Waals surface area contributed by atoms with Crippen molar-refractivity contribution in [3.8, 4) is 0 Å². The maximum Gasteiger partial charge on any atom is 0.106 e. The SMILES string of the molecule is ClC1=COCC=C1. The van der Waals surface area contributed by atoms with Gasteiger partial charge in [-0.1, -0.05) is 11.6 Å². The van der Waals surface area contributed by atoms with E-state index < -0.39 is 0 Å². The highest BCUT2D eigenvalue weighted by atomic mass is 35.5. The molecule has 0 bridgehead atoms. The van der Waals surface area contributed by atoms with Gasteiger partial charge in [0.25, 0.3) is 0 Å². The molecular weight excluding hydrogens is 112 g/mol. The second-order valence-corrected chi connectivity index (χ2v) is 1.67. The van der Waals surface area contributed by atoms with Gasteiger partial charge in [-0.25, -0.2) is 0 Å². The molecule has 1 rings (SSSR count). The van der Waals surface area contributed by atoms with Gasteiger partial charge in [-0.3, -0.25) is 0 Å². The van der Waals surface area contributed by atoms with Gasteiger partial charge in [-0.05, 0) is 12.2 Å².